The highest BCUT2D eigenvalue weighted by Crippen LogP contribution is 2.22. The summed E-state index contributed by atoms with van der Waals surface area (Å²) in [6.45, 7) is 10.5. The Morgan fingerprint density at radius 2 is 2.00 bits per heavy atom. The summed E-state index contributed by atoms with van der Waals surface area (Å²) in [5, 5.41) is 9.10. The van der Waals surface area contributed by atoms with Crippen molar-refractivity contribution < 1.29 is 13.5 Å². The summed E-state index contributed by atoms with van der Waals surface area (Å²) >= 11 is 0. The van der Waals surface area contributed by atoms with Crippen LogP contribution in [0.25, 0.3) is 0 Å². The summed E-state index contributed by atoms with van der Waals surface area (Å²) < 4.78 is 26.9. The molecule has 1 aromatic heterocycles. The molecule has 0 saturated heterocycles. The van der Waals surface area contributed by atoms with Crippen LogP contribution in [0.5, 0.6) is 0 Å². The van der Waals surface area contributed by atoms with E-state index in [4.69, 9.17) is 5.11 Å². The second-order valence-electron chi connectivity index (χ2n) is 6.76. The monoisotopic (exact) mass is 317 g/mol. The van der Waals surface area contributed by atoms with Crippen LogP contribution < -0.4 is 0 Å². The van der Waals surface area contributed by atoms with Crippen LogP contribution >= 0.6 is 0 Å². The van der Waals surface area contributed by atoms with E-state index >= 15 is 0 Å². The highest BCUT2D eigenvalue weighted by atomic mass is 32.2. The Labute approximate surface area is 127 Å². The molecule has 1 aromatic rings. The number of aliphatic hydroxyl groups excluding tert-OH is 1. The van der Waals surface area contributed by atoms with E-state index in [0.717, 1.165) is 0 Å². The van der Waals surface area contributed by atoms with Crippen molar-refractivity contribution in [2.24, 2.45) is 5.41 Å². The normalized spacial score (nSPS) is 13.3. The van der Waals surface area contributed by atoms with Crippen LogP contribution in [0.3, 0.4) is 0 Å². The van der Waals surface area contributed by atoms with Gasteiger partial charge in [0, 0.05) is 25.6 Å². The van der Waals surface area contributed by atoms with Crippen LogP contribution in [0.1, 0.15) is 52.8 Å². The number of aliphatic hydroxyl groups is 1. The van der Waals surface area contributed by atoms with E-state index in [1.807, 2.05) is 34.6 Å². The average molecular weight is 317 g/mol. The summed E-state index contributed by atoms with van der Waals surface area (Å²) in [6, 6.07) is 0. The Morgan fingerprint density at radius 1 is 1.38 bits per heavy atom. The van der Waals surface area contributed by atoms with Crippen molar-refractivity contribution in [3.63, 3.8) is 0 Å². The molecule has 0 fully saturated rings. The Bertz CT molecular complexity index is 544. The van der Waals surface area contributed by atoms with Crippen LogP contribution in [-0.4, -0.2) is 47.5 Å². The fourth-order valence-corrected chi connectivity index (χ4v) is 3.57. The molecule has 7 heteroatoms. The number of hydrogen-bond acceptors (Lipinski definition) is 4. The van der Waals surface area contributed by atoms with Crippen molar-refractivity contribution in [3.8, 4) is 0 Å². The van der Waals surface area contributed by atoms with Gasteiger partial charge in [-0.3, -0.25) is 0 Å². The number of sulfonamides is 1. The van der Waals surface area contributed by atoms with Gasteiger partial charge in [0.15, 0.2) is 5.03 Å². The summed E-state index contributed by atoms with van der Waals surface area (Å²) in [5.74, 6) is 0.800. The molecule has 1 rings (SSSR count). The number of H-pyrrole nitrogens is 1. The zero-order valence-electron chi connectivity index (χ0n) is 13.5. The van der Waals surface area contributed by atoms with E-state index in [2.05, 4.69) is 9.97 Å². The number of hydrogen-bond donors (Lipinski definition) is 2. The van der Waals surface area contributed by atoms with Gasteiger partial charge in [0.2, 0.25) is 0 Å². The summed E-state index contributed by atoms with van der Waals surface area (Å²) in [5.41, 5.74) is -0.163. The number of rotatable bonds is 7. The highest BCUT2D eigenvalue weighted by molar-refractivity contribution is 7.89. The first-order valence-electron chi connectivity index (χ1n) is 7.24. The third-order valence-corrected chi connectivity index (χ3v) is 4.71. The molecule has 0 unspecified atom stereocenters. The third-order valence-electron chi connectivity index (χ3n) is 2.95. The fraction of sp³-hybridized carbons (Fsp3) is 0.786. The molecule has 1 heterocycles. The van der Waals surface area contributed by atoms with Crippen LogP contribution in [0.2, 0.25) is 0 Å². The molecule has 2 N–H and O–H groups in total. The van der Waals surface area contributed by atoms with Crippen LogP contribution in [0.4, 0.5) is 0 Å². The number of imidazole rings is 1. The van der Waals surface area contributed by atoms with Gasteiger partial charge in [0.25, 0.3) is 10.0 Å². The first-order chi connectivity index (χ1) is 9.58. The molecule has 0 radical (unpaired) electrons. The Balaban J connectivity index is 3.07. The molecule has 0 spiro atoms. The first kappa shape index (κ1) is 18.1. The van der Waals surface area contributed by atoms with Gasteiger partial charge >= 0.3 is 0 Å². The number of nitrogens with zero attached hydrogens (tertiary/aromatic N) is 2. The molecule has 0 aliphatic heterocycles. The van der Waals surface area contributed by atoms with Gasteiger partial charge < -0.3 is 10.1 Å². The topological polar surface area (TPSA) is 86.3 Å². The average Bonchev–Trinajstić information content (AvgIpc) is 2.83. The molecular formula is C14H27N3O3S. The van der Waals surface area contributed by atoms with Crippen LogP contribution in [0, 0.1) is 5.41 Å². The molecule has 21 heavy (non-hydrogen) atoms. The lowest BCUT2D eigenvalue weighted by Gasteiger charge is -2.28. The van der Waals surface area contributed by atoms with E-state index in [1.54, 1.807) is 0 Å². The molecule has 0 aliphatic carbocycles. The molecule has 0 bridgehead atoms. The van der Waals surface area contributed by atoms with E-state index in [-0.39, 0.29) is 23.0 Å². The minimum atomic E-state index is -3.62. The minimum Gasteiger partial charge on any atom is -0.396 e. The second kappa shape index (κ2) is 6.89. The predicted octanol–water partition coefficient (Wildman–Crippen LogP) is 1.95. The highest BCUT2D eigenvalue weighted by Gasteiger charge is 2.29. The Hall–Kier alpha value is -0.920. The summed E-state index contributed by atoms with van der Waals surface area (Å²) in [6.07, 6.45) is 1.79. The van der Waals surface area contributed by atoms with Crippen molar-refractivity contribution in [1.82, 2.24) is 14.3 Å². The Kier molecular flexibility index (Phi) is 5.95. The van der Waals surface area contributed by atoms with Crippen molar-refractivity contribution in [3.05, 3.63) is 12.0 Å². The largest absolute Gasteiger partial charge is 0.396 e. The zero-order valence-corrected chi connectivity index (χ0v) is 14.4. The number of aromatic amines is 1. The van der Waals surface area contributed by atoms with E-state index in [1.165, 1.54) is 10.5 Å². The fourth-order valence-electron chi connectivity index (χ4n) is 1.94. The molecule has 6 nitrogen and oxygen atoms in total. The van der Waals surface area contributed by atoms with Crippen molar-refractivity contribution in [2.75, 3.05) is 19.7 Å². The molecule has 0 saturated carbocycles. The molecular weight excluding hydrogens is 290 g/mol. The maximum Gasteiger partial charge on any atom is 0.260 e. The first-order valence-corrected chi connectivity index (χ1v) is 8.68. The van der Waals surface area contributed by atoms with Crippen molar-refractivity contribution in [1.29, 1.82) is 0 Å². The van der Waals surface area contributed by atoms with E-state index in [0.29, 0.717) is 25.3 Å². The van der Waals surface area contributed by atoms with Crippen LogP contribution in [0.15, 0.2) is 11.2 Å². The molecule has 0 aliphatic rings. The number of aromatic nitrogens is 2. The molecule has 122 valence electrons. The maximum absolute atomic E-state index is 12.7. The Morgan fingerprint density at radius 3 is 2.43 bits per heavy atom. The van der Waals surface area contributed by atoms with Gasteiger partial charge in [0.05, 0.1) is 6.20 Å². The molecule has 0 amide bonds. The van der Waals surface area contributed by atoms with Gasteiger partial charge in [-0.1, -0.05) is 34.6 Å². The third kappa shape index (κ3) is 5.09. The zero-order chi connectivity index (χ0) is 16.3. The van der Waals surface area contributed by atoms with Crippen LogP contribution in [-0.2, 0) is 10.0 Å². The summed E-state index contributed by atoms with van der Waals surface area (Å²) in [7, 11) is -3.62. The minimum absolute atomic E-state index is 0.0314. The van der Waals surface area contributed by atoms with Gasteiger partial charge in [-0.05, 0) is 11.8 Å². The van der Waals surface area contributed by atoms with Crippen molar-refractivity contribution >= 4 is 10.0 Å². The van der Waals surface area contributed by atoms with Gasteiger partial charge in [-0.25, -0.2) is 13.4 Å². The lowest BCUT2D eigenvalue weighted by Crippen LogP contribution is -2.38. The van der Waals surface area contributed by atoms with Gasteiger partial charge in [0.1, 0.15) is 5.82 Å². The van der Waals surface area contributed by atoms with Crippen molar-refractivity contribution in [2.45, 2.75) is 52.0 Å². The SMILES string of the molecule is CC(C)c1ncc(S(=O)(=O)N(CCCO)CC(C)(C)C)[nH]1. The van der Waals surface area contributed by atoms with E-state index < -0.39 is 10.0 Å². The quantitative estimate of drug-likeness (QED) is 0.805. The summed E-state index contributed by atoms with van der Waals surface area (Å²) in [4.78, 5) is 7.02. The standard InChI is InChI=1S/C14H27N3O3S/c1-11(2)13-15-9-12(16-13)21(19,20)17(7-6-8-18)10-14(3,4)5/h9,11,18H,6-8,10H2,1-5H3,(H,15,16). The second-order valence-corrected chi connectivity index (χ2v) is 8.67. The van der Waals surface area contributed by atoms with E-state index in [9.17, 15) is 8.42 Å². The predicted molar refractivity (Wildman–Crippen MR) is 82.6 cm³/mol. The lowest BCUT2D eigenvalue weighted by molar-refractivity contribution is 0.240. The molecule has 0 aromatic carbocycles. The number of nitrogens with one attached hydrogen (secondary N) is 1. The smallest absolute Gasteiger partial charge is 0.260 e. The van der Waals surface area contributed by atoms with Gasteiger partial charge in [-0.2, -0.15) is 4.31 Å². The van der Waals surface area contributed by atoms with Gasteiger partial charge in [-0.15, -0.1) is 0 Å². The molecule has 0 atom stereocenters. The maximum atomic E-state index is 12.7. The lowest BCUT2D eigenvalue weighted by atomic mass is 9.97.